The van der Waals surface area contributed by atoms with Gasteiger partial charge in [0.2, 0.25) is 15.9 Å². The van der Waals surface area contributed by atoms with Gasteiger partial charge in [0.15, 0.2) is 0 Å². The minimum atomic E-state index is -3.70. The zero-order valence-electron chi connectivity index (χ0n) is 16.7. The minimum absolute atomic E-state index is 0.0277. The second-order valence-electron chi connectivity index (χ2n) is 7.73. The van der Waals surface area contributed by atoms with Crippen LogP contribution >= 0.6 is 0 Å². The number of para-hydroxylation sites is 1. The number of rotatable bonds is 7. The molecule has 7 heteroatoms. The lowest BCUT2D eigenvalue weighted by Crippen LogP contribution is -2.28. The van der Waals surface area contributed by atoms with Crippen molar-refractivity contribution >= 4 is 21.6 Å². The van der Waals surface area contributed by atoms with Crippen molar-refractivity contribution in [1.29, 1.82) is 0 Å². The van der Waals surface area contributed by atoms with Gasteiger partial charge in [0, 0.05) is 25.7 Å². The summed E-state index contributed by atoms with van der Waals surface area (Å²) in [6.07, 6.45) is 0.572. The molecule has 0 bridgehead atoms. The summed E-state index contributed by atoms with van der Waals surface area (Å²) < 4.78 is 39.1. The van der Waals surface area contributed by atoms with E-state index in [-0.39, 0.29) is 29.2 Å². The van der Waals surface area contributed by atoms with E-state index in [9.17, 15) is 17.6 Å². The summed E-state index contributed by atoms with van der Waals surface area (Å²) in [5.74, 6) is -0.655. The molecule has 0 aromatic heterocycles. The Morgan fingerprint density at radius 3 is 2.29 bits per heavy atom. The summed E-state index contributed by atoms with van der Waals surface area (Å²) in [7, 11) is -2.25. The first kappa shape index (κ1) is 22.0. The van der Waals surface area contributed by atoms with Crippen LogP contribution in [0.25, 0.3) is 0 Å². The van der Waals surface area contributed by atoms with Gasteiger partial charge in [-0.15, -0.1) is 0 Å². The van der Waals surface area contributed by atoms with E-state index in [2.05, 4.69) is 26.1 Å². The molecule has 0 atom stereocenters. The number of hydrogen-bond acceptors (Lipinski definition) is 3. The number of anilines is 1. The standard InChI is InChI=1S/C21H27FN2O3S/c1-21(2,3)18-8-5-6-9-19(18)23-20(25)10-7-15-24(4)28(26,27)17-13-11-16(22)12-14-17/h5-6,8-9,11-14H,7,10,15H2,1-4H3,(H,23,25). The van der Waals surface area contributed by atoms with E-state index in [4.69, 9.17) is 0 Å². The van der Waals surface area contributed by atoms with Crippen molar-refractivity contribution in [1.82, 2.24) is 4.31 Å². The van der Waals surface area contributed by atoms with Crippen molar-refractivity contribution in [2.45, 2.75) is 43.9 Å². The summed E-state index contributed by atoms with van der Waals surface area (Å²) in [6, 6.07) is 12.3. The van der Waals surface area contributed by atoms with Crippen LogP contribution in [0.4, 0.5) is 10.1 Å². The Hall–Kier alpha value is -2.25. The van der Waals surface area contributed by atoms with Crippen molar-refractivity contribution in [3.8, 4) is 0 Å². The van der Waals surface area contributed by atoms with Crippen molar-refractivity contribution in [2.75, 3.05) is 18.9 Å². The van der Waals surface area contributed by atoms with E-state index >= 15 is 0 Å². The van der Waals surface area contributed by atoms with E-state index in [1.807, 2.05) is 24.3 Å². The Balaban J connectivity index is 1.93. The third-order valence-corrected chi connectivity index (χ3v) is 6.28. The number of nitrogens with zero attached hydrogens (tertiary/aromatic N) is 1. The van der Waals surface area contributed by atoms with Crippen LogP contribution in [-0.2, 0) is 20.2 Å². The van der Waals surface area contributed by atoms with Gasteiger partial charge in [-0.3, -0.25) is 4.79 Å². The predicted molar refractivity (Wildman–Crippen MR) is 109 cm³/mol. The summed E-state index contributed by atoms with van der Waals surface area (Å²) in [5.41, 5.74) is 1.71. The van der Waals surface area contributed by atoms with E-state index in [1.165, 1.54) is 23.5 Å². The number of amides is 1. The topological polar surface area (TPSA) is 66.5 Å². The van der Waals surface area contributed by atoms with Gasteiger partial charge in [-0.25, -0.2) is 17.1 Å². The normalized spacial score (nSPS) is 12.2. The average Bonchev–Trinajstić information content (AvgIpc) is 2.61. The van der Waals surface area contributed by atoms with Gasteiger partial charge in [-0.1, -0.05) is 39.0 Å². The maximum Gasteiger partial charge on any atom is 0.242 e. The first-order valence-electron chi connectivity index (χ1n) is 9.13. The number of nitrogens with one attached hydrogen (secondary N) is 1. The number of benzene rings is 2. The van der Waals surface area contributed by atoms with Crippen molar-refractivity contribution in [2.24, 2.45) is 0 Å². The fraction of sp³-hybridized carbons (Fsp3) is 0.381. The van der Waals surface area contributed by atoms with Gasteiger partial charge in [0.25, 0.3) is 0 Å². The highest BCUT2D eigenvalue weighted by Gasteiger charge is 2.21. The molecule has 0 aliphatic rings. The molecule has 1 amide bonds. The smallest absolute Gasteiger partial charge is 0.242 e. The monoisotopic (exact) mass is 406 g/mol. The summed E-state index contributed by atoms with van der Waals surface area (Å²) >= 11 is 0. The number of carbonyl (C=O) groups excluding carboxylic acids is 1. The van der Waals surface area contributed by atoms with Crippen molar-refractivity contribution in [3.63, 3.8) is 0 Å². The Morgan fingerprint density at radius 1 is 1.07 bits per heavy atom. The largest absolute Gasteiger partial charge is 0.326 e. The molecular formula is C21H27FN2O3S. The third-order valence-electron chi connectivity index (χ3n) is 4.41. The summed E-state index contributed by atoms with van der Waals surface area (Å²) in [6.45, 7) is 6.42. The lowest BCUT2D eigenvalue weighted by atomic mass is 9.86. The highest BCUT2D eigenvalue weighted by molar-refractivity contribution is 7.89. The maximum absolute atomic E-state index is 13.0. The van der Waals surface area contributed by atoms with Crippen LogP contribution in [0, 0.1) is 5.82 Å². The van der Waals surface area contributed by atoms with Crippen LogP contribution in [0.3, 0.4) is 0 Å². The first-order valence-corrected chi connectivity index (χ1v) is 10.6. The van der Waals surface area contributed by atoms with Gasteiger partial charge >= 0.3 is 0 Å². The van der Waals surface area contributed by atoms with E-state index < -0.39 is 15.8 Å². The fourth-order valence-corrected chi connectivity index (χ4v) is 4.04. The van der Waals surface area contributed by atoms with Gasteiger partial charge in [-0.05, 0) is 47.7 Å². The van der Waals surface area contributed by atoms with Crippen molar-refractivity contribution in [3.05, 3.63) is 59.9 Å². The fourth-order valence-electron chi connectivity index (χ4n) is 2.83. The van der Waals surface area contributed by atoms with Crippen molar-refractivity contribution < 1.29 is 17.6 Å². The number of halogens is 1. The molecule has 2 aromatic carbocycles. The quantitative estimate of drug-likeness (QED) is 0.751. The molecule has 5 nitrogen and oxygen atoms in total. The first-order chi connectivity index (χ1) is 13.0. The number of hydrogen-bond donors (Lipinski definition) is 1. The zero-order chi connectivity index (χ0) is 20.9. The highest BCUT2D eigenvalue weighted by atomic mass is 32.2. The number of carbonyl (C=O) groups is 1. The van der Waals surface area contributed by atoms with Crippen LogP contribution in [0.5, 0.6) is 0 Å². The molecule has 0 saturated carbocycles. The molecule has 0 radical (unpaired) electrons. The maximum atomic E-state index is 13.0. The molecule has 152 valence electrons. The van der Waals surface area contributed by atoms with Gasteiger partial charge in [-0.2, -0.15) is 0 Å². The van der Waals surface area contributed by atoms with Crippen LogP contribution in [0.15, 0.2) is 53.4 Å². The molecule has 0 spiro atoms. The summed E-state index contributed by atoms with van der Waals surface area (Å²) in [4.78, 5) is 12.3. The molecule has 28 heavy (non-hydrogen) atoms. The second-order valence-corrected chi connectivity index (χ2v) is 9.77. The van der Waals surface area contributed by atoms with Crippen LogP contribution in [0.1, 0.15) is 39.2 Å². The molecule has 0 unspecified atom stereocenters. The SMILES string of the molecule is CN(CCCC(=O)Nc1ccccc1C(C)(C)C)S(=O)(=O)c1ccc(F)cc1. The Kier molecular flexibility index (Phi) is 6.96. The number of sulfonamides is 1. The molecule has 0 saturated heterocycles. The zero-order valence-corrected chi connectivity index (χ0v) is 17.5. The van der Waals surface area contributed by atoms with E-state index in [0.29, 0.717) is 6.42 Å². The Bertz CT molecular complexity index is 919. The molecule has 2 rings (SSSR count). The molecular weight excluding hydrogens is 379 g/mol. The highest BCUT2D eigenvalue weighted by Crippen LogP contribution is 2.29. The average molecular weight is 407 g/mol. The van der Waals surface area contributed by atoms with Crippen LogP contribution < -0.4 is 5.32 Å². The van der Waals surface area contributed by atoms with Crippen LogP contribution in [-0.4, -0.2) is 32.2 Å². The third kappa shape index (κ3) is 5.62. The Morgan fingerprint density at radius 2 is 1.68 bits per heavy atom. The van der Waals surface area contributed by atoms with Crippen LogP contribution in [0.2, 0.25) is 0 Å². The molecule has 1 N–H and O–H groups in total. The molecule has 0 aliphatic heterocycles. The minimum Gasteiger partial charge on any atom is -0.326 e. The molecule has 0 heterocycles. The lowest BCUT2D eigenvalue weighted by Gasteiger charge is -2.23. The molecule has 0 fully saturated rings. The summed E-state index contributed by atoms with van der Waals surface area (Å²) in [5, 5.41) is 2.92. The van der Waals surface area contributed by atoms with Gasteiger partial charge in [0.1, 0.15) is 5.82 Å². The van der Waals surface area contributed by atoms with E-state index in [0.717, 1.165) is 23.4 Å². The van der Waals surface area contributed by atoms with E-state index in [1.54, 1.807) is 0 Å². The van der Waals surface area contributed by atoms with Gasteiger partial charge in [0.05, 0.1) is 4.90 Å². The second kappa shape index (κ2) is 8.84. The van der Waals surface area contributed by atoms with Gasteiger partial charge < -0.3 is 5.32 Å². The lowest BCUT2D eigenvalue weighted by molar-refractivity contribution is -0.116. The molecule has 0 aliphatic carbocycles. The Labute approximate surface area is 166 Å². The molecule has 2 aromatic rings. The predicted octanol–water partition coefficient (Wildman–Crippen LogP) is 4.16.